The van der Waals surface area contributed by atoms with Gasteiger partial charge in [-0.1, -0.05) is 0 Å². The van der Waals surface area contributed by atoms with E-state index in [9.17, 15) is 4.79 Å². The van der Waals surface area contributed by atoms with E-state index >= 15 is 0 Å². The summed E-state index contributed by atoms with van der Waals surface area (Å²) in [6.07, 6.45) is 7.62. The van der Waals surface area contributed by atoms with Crippen molar-refractivity contribution in [3.8, 4) is 0 Å². The molecular formula is C17H24Cl2NOSiTi. The van der Waals surface area contributed by atoms with Gasteiger partial charge in [0, 0.05) is 0 Å². The molecule has 125 valence electrons. The number of carbonyl (C=O) groups is 1. The largest absolute Gasteiger partial charge is 1.00 e. The van der Waals surface area contributed by atoms with Crippen LogP contribution in [0.15, 0.2) is 46.4 Å². The van der Waals surface area contributed by atoms with Crippen LogP contribution in [-0.4, -0.2) is 12.6 Å². The van der Waals surface area contributed by atoms with Crippen LogP contribution in [0, 0.1) is 0 Å². The first-order valence-corrected chi connectivity index (χ1v) is 14.8. The first kappa shape index (κ1) is 22.7. The van der Waals surface area contributed by atoms with Gasteiger partial charge in [0.25, 0.3) is 0 Å². The summed E-state index contributed by atoms with van der Waals surface area (Å²) in [6.45, 7) is 8.18. The standard InChI is InChI=1S/C10H13NO.C5H5.C2H7Si.2ClH.Ti/c1-7(2)8-5-3-4-6-9(8)10(11)12;1-2-4-5-3-1;1-3-2;;;/h3-7H,1-2H3,(H2,11,12);1-3H,4H2;3H,1-2H3;2*1H;/q;;;;;+3/p-3. The molecule has 0 atom stereocenters. The molecular weight excluding hydrogens is 381 g/mol. The van der Waals surface area contributed by atoms with Crippen molar-refractivity contribution in [2.75, 3.05) is 0 Å². The molecule has 1 aromatic rings. The van der Waals surface area contributed by atoms with Crippen molar-refractivity contribution in [1.29, 1.82) is 0 Å². The quantitative estimate of drug-likeness (QED) is 0.560. The molecule has 0 radical (unpaired) electrons. The van der Waals surface area contributed by atoms with E-state index in [0.29, 0.717) is 5.92 Å². The van der Waals surface area contributed by atoms with Gasteiger partial charge in [-0.25, -0.2) is 0 Å². The van der Waals surface area contributed by atoms with Crippen LogP contribution in [0.25, 0.3) is 0 Å². The van der Waals surface area contributed by atoms with E-state index in [1.54, 1.807) is 0 Å². The molecule has 0 saturated carbocycles. The summed E-state index contributed by atoms with van der Waals surface area (Å²) in [5.41, 5.74) is 2.01. The molecule has 1 N–H and O–H groups in total. The number of hydrogen-bond donors (Lipinski definition) is 1. The molecule has 2 nitrogen and oxygen atoms in total. The van der Waals surface area contributed by atoms with E-state index in [1.807, 2.05) is 18.2 Å². The molecule has 0 bridgehead atoms. The van der Waals surface area contributed by atoms with Crippen molar-refractivity contribution >= 4 is 12.6 Å². The first-order chi connectivity index (χ1) is 10.0. The molecule has 0 unspecified atom stereocenters. The predicted octanol–water partition coefficient (Wildman–Crippen LogP) is -2.09. The Morgan fingerprint density at radius 1 is 1.22 bits per heavy atom. The zero-order valence-corrected chi connectivity index (χ0v) is 18.3. The second-order valence-electron chi connectivity index (χ2n) is 6.09. The van der Waals surface area contributed by atoms with Gasteiger partial charge in [0.2, 0.25) is 0 Å². The smallest absolute Gasteiger partial charge is 1.00 e. The fourth-order valence-electron chi connectivity index (χ4n) is 2.64. The van der Waals surface area contributed by atoms with Gasteiger partial charge in [-0.3, -0.25) is 0 Å². The zero-order valence-electron chi connectivity index (χ0n) is 14.1. The maximum absolute atomic E-state index is 12.7. The number of rotatable bonds is 5. The minimum Gasteiger partial charge on any atom is -1.00 e. The van der Waals surface area contributed by atoms with Crippen LogP contribution >= 0.6 is 0 Å². The van der Waals surface area contributed by atoms with Crippen molar-refractivity contribution in [3.63, 3.8) is 0 Å². The van der Waals surface area contributed by atoms with Crippen molar-refractivity contribution in [2.45, 2.75) is 39.3 Å². The Labute approximate surface area is 159 Å². The zero-order chi connectivity index (χ0) is 15.4. The van der Waals surface area contributed by atoms with Crippen LogP contribution in [0.3, 0.4) is 0 Å². The van der Waals surface area contributed by atoms with Crippen LogP contribution in [0.4, 0.5) is 0 Å². The number of halogens is 2. The summed E-state index contributed by atoms with van der Waals surface area (Å²) in [5, 5.41) is 0. The minimum atomic E-state index is -1.61. The molecule has 0 aromatic heterocycles. The van der Waals surface area contributed by atoms with Gasteiger partial charge in [-0.2, -0.15) is 0 Å². The normalized spacial score (nSPS) is 12.5. The van der Waals surface area contributed by atoms with Crippen LogP contribution in [0.1, 0.15) is 42.1 Å². The van der Waals surface area contributed by atoms with Crippen LogP contribution in [0.2, 0.25) is 13.1 Å². The Bertz CT molecular complexity index is 588. The number of hydrogen-bond acceptors (Lipinski definition) is 1. The van der Waals surface area contributed by atoms with Crippen molar-refractivity contribution < 1.29 is 47.0 Å². The van der Waals surface area contributed by atoms with Crippen LogP contribution in [-0.2, 0) is 17.4 Å². The van der Waals surface area contributed by atoms with E-state index in [2.05, 4.69) is 55.0 Å². The average molecular weight is 405 g/mol. The molecule has 0 fully saturated rings. The monoisotopic (exact) mass is 404 g/mol. The predicted molar refractivity (Wildman–Crippen MR) is 88.7 cm³/mol. The molecule has 6 heteroatoms. The van der Waals surface area contributed by atoms with E-state index < -0.39 is 24.0 Å². The Balaban J connectivity index is 0.00000242. The van der Waals surface area contributed by atoms with Gasteiger partial charge in [0.15, 0.2) is 0 Å². The van der Waals surface area contributed by atoms with E-state index in [4.69, 9.17) is 0 Å². The third kappa shape index (κ3) is 5.91. The van der Waals surface area contributed by atoms with Gasteiger partial charge in [0.05, 0.1) is 0 Å². The molecule has 0 aliphatic heterocycles. The first-order valence-electron chi connectivity index (χ1n) is 7.64. The Kier molecular flexibility index (Phi) is 10.4. The van der Waals surface area contributed by atoms with Crippen molar-refractivity contribution in [2.24, 2.45) is 0 Å². The topological polar surface area (TPSA) is 29.1 Å². The number of amides is 1. The Morgan fingerprint density at radius 3 is 2.39 bits per heavy atom. The molecule has 23 heavy (non-hydrogen) atoms. The third-order valence-electron chi connectivity index (χ3n) is 3.77. The van der Waals surface area contributed by atoms with Crippen LogP contribution in [0.5, 0.6) is 0 Å². The Hall–Kier alpha value is -0.319. The summed E-state index contributed by atoms with van der Waals surface area (Å²) in [7, 11) is 0. The number of carbonyl (C=O) groups excluding carboxylic acids is 1. The fourth-order valence-corrected chi connectivity index (χ4v) is 11.7. The van der Waals surface area contributed by atoms with Gasteiger partial charge in [0.1, 0.15) is 0 Å². The van der Waals surface area contributed by atoms with E-state index in [0.717, 1.165) is 17.5 Å². The van der Waals surface area contributed by atoms with Gasteiger partial charge in [-0.05, 0) is 0 Å². The fraction of sp³-hybridized carbons (Fsp3) is 0.353. The molecule has 2 rings (SSSR count). The van der Waals surface area contributed by atoms with Gasteiger partial charge in [-0.15, -0.1) is 0 Å². The molecule has 0 saturated heterocycles. The SMILES string of the molecule is CC(C)c1ccccc1C(=O)[NH][Ti+2]([C]1=CC=CC1)[SiH](C)C.[Cl-].[Cl-]. The van der Waals surface area contributed by atoms with Crippen LogP contribution < -0.4 is 28.6 Å². The summed E-state index contributed by atoms with van der Waals surface area (Å²) in [6, 6.07) is 8.01. The molecule has 1 aromatic carbocycles. The Morgan fingerprint density at radius 2 is 1.87 bits per heavy atom. The summed E-state index contributed by atoms with van der Waals surface area (Å²) in [4.78, 5) is 12.7. The minimum absolute atomic E-state index is 0. The van der Waals surface area contributed by atoms with Gasteiger partial charge >= 0.3 is 135 Å². The van der Waals surface area contributed by atoms with Gasteiger partial charge < -0.3 is 24.8 Å². The molecule has 1 aliphatic rings. The second kappa shape index (κ2) is 10.5. The number of benzene rings is 1. The maximum atomic E-state index is 12.7. The summed E-state index contributed by atoms with van der Waals surface area (Å²) >= 11 is -1.61. The number of nitrogens with one attached hydrogen (secondary N) is 1. The summed E-state index contributed by atoms with van der Waals surface area (Å²) in [5.74, 6) is 0.516. The second-order valence-corrected chi connectivity index (χ2v) is 18.9. The summed E-state index contributed by atoms with van der Waals surface area (Å²) < 4.78 is 4.97. The molecule has 0 spiro atoms. The van der Waals surface area contributed by atoms with Crippen molar-refractivity contribution in [3.05, 3.63) is 57.5 Å². The van der Waals surface area contributed by atoms with Crippen molar-refractivity contribution in [1.82, 2.24) is 3.80 Å². The average Bonchev–Trinajstić information content (AvgIpc) is 2.97. The number of allylic oxidation sites excluding steroid dienone is 4. The van der Waals surface area contributed by atoms with E-state index in [-0.39, 0.29) is 30.7 Å². The molecule has 0 heterocycles. The maximum Gasteiger partial charge on any atom is -1.00 e. The van der Waals surface area contributed by atoms with E-state index in [1.165, 1.54) is 3.88 Å². The third-order valence-corrected chi connectivity index (χ3v) is 14.9. The molecule has 1 amide bonds. The molecule has 1 aliphatic carbocycles.